The predicted molar refractivity (Wildman–Crippen MR) is 88.9 cm³/mol. The molecule has 0 aliphatic carbocycles. The molecule has 1 fully saturated rings. The predicted octanol–water partition coefficient (Wildman–Crippen LogP) is 2.06. The lowest BCUT2D eigenvalue weighted by molar-refractivity contribution is -0.129. The summed E-state index contributed by atoms with van der Waals surface area (Å²) in [7, 11) is 1.64. The largest absolute Gasteiger partial charge is 0.385 e. The number of nitrogens with one attached hydrogen (secondary N) is 1. The minimum Gasteiger partial charge on any atom is -0.385 e. The Bertz CT molecular complexity index is 559. The number of methoxy groups -OCH3 is 1. The Morgan fingerprint density at radius 1 is 1.39 bits per heavy atom. The van der Waals surface area contributed by atoms with Crippen molar-refractivity contribution in [3.05, 3.63) is 35.4 Å². The Morgan fingerprint density at radius 2 is 2.13 bits per heavy atom. The topological polar surface area (TPSA) is 58.6 Å². The molecule has 1 aromatic rings. The molecule has 1 aliphatic rings. The van der Waals surface area contributed by atoms with Gasteiger partial charge in [0.05, 0.1) is 12.0 Å². The Balaban J connectivity index is 2.18. The number of nitrogens with zero attached hydrogens (tertiary/aromatic N) is 1. The lowest BCUT2D eigenvalue weighted by Crippen LogP contribution is -2.36. The summed E-state index contributed by atoms with van der Waals surface area (Å²) in [5.41, 5.74) is 2.18. The first kappa shape index (κ1) is 17.5. The third-order valence-electron chi connectivity index (χ3n) is 4.44. The van der Waals surface area contributed by atoms with Crippen molar-refractivity contribution in [2.24, 2.45) is 5.92 Å². The molecule has 1 saturated heterocycles. The van der Waals surface area contributed by atoms with Gasteiger partial charge in [0.25, 0.3) is 0 Å². The maximum absolute atomic E-state index is 12.6. The minimum absolute atomic E-state index is 0.0429. The molecule has 2 atom stereocenters. The monoisotopic (exact) mass is 318 g/mol. The summed E-state index contributed by atoms with van der Waals surface area (Å²) in [6, 6.07) is 7.82. The van der Waals surface area contributed by atoms with Crippen molar-refractivity contribution in [2.45, 2.75) is 32.7 Å². The molecule has 0 unspecified atom stereocenters. The van der Waals surface area contributed by atoms with E-state index >= 15 is 0 Å². The first-order valence-corrected chi connectivity index (χ1v) is 8.21. The van der Waals surface area contributed by atoms with Crippen LogP contribution in [0.5, 0.6) is 0 Å². The lowest BCUT2D eigenvalue weighted by atomic mass is 9.90. The standard InChI is InChI=1S/C18H26N2O3/c1-4-20-16(21)12-15(18(22)19-10-7-11-23-3)17(20)14-9-6-5-8-13(14)2/h5-6,8-9,15,17H,4,7,10-12H2,1-3H3,(H,19,22)/t15-,17+/m1/s1. The van der Waals surface area contributed by atoms with Crippen molar-refractivity contribution in [2.75, 3.05) is 26.8 Å². The number of likely N-dealkylation sites (tertiary alicyclic amines) is 1. The quantitative estimate of drug-likeness (QED) is 0.783. The van der Waals surface area contributed by atoms with E-state index in [2.05, 4.69) is 5.32 Å². The van der Waals surface area contributed by atoms with Crippen molar-refractivity contribution in [1.82, 2.24) is 10.2 Å². The average Bonchev–Trinajstić information content (AvgIpc) is 2.88. The number of hydrogen-bond donors (Lipinski definition) is 1. The van der Waals surface area contributed by atoms with Gasteiger partial charge in [-0.1, -0.05) is 24.3 Å². The van der Waals surface area contributed by atoms with E-state index in [1.54, 1.807) is 7.11 Å². The molecule has 0 saturated carbocycles. The highest BCUT2D eigenvalue weighted by Gasteiger charge is 2.43. The van der Waals surface area contributed by atoms with Crippen LogP contribution in [0.4, 0.5) is 0 Å². The van der Waals surface area contributed by atoms with Crippen molar-refractivity contribution in [3.8, 4) is 0 Å². The van der Waals surface area contributed by atoms with Gasteiger partial charge < -0.3 is 15.0 Å². The van der Waals surface area contributed by atoms with Gasteiger partial charge in [-0.2, -0.15) is 0 Å². The van der Waals surface area contributed by atoms with E-state index < -0.39 is 0 Å². The fourth-order valence-electron chi connectivity index (χ4n) is 3.26. The van der Waals surface area contributed by atoms with Crippen molar-refractivity contribution in [1.29, 1.82) is 0 Å². The van der Waals surface area contributed by atoms with E-state index in [0.717, 1.165) is 17.5 Å². The third-order valence-corrected chi connectivity index (χ3v) is 4.44. The van der Waals surface area contributed by atoms with E-state index in [-0.39, 0.29) is 30.2 Å². The van der Waals surface area contributed by atoms with Crippen LogP contribution in [-0.2, 0) is 14.3 Å². The van der Waals surface area contributed by atoms with Crippen LogP contribution >= 0.6 is 0 Å². The second-order valence-electron chi connectivity index (χ2n) is 5.93. The fraction of sp³-hybridized carbons (Fsp3) is 0.556. The van der Waals surface area contributed by atoms with E-state index in [1.165, 1.54) is 0 Å². The number of benzene rings is 1. The molecule has 0 radical (unpaired) electrons. The summed E-state index contributed by atoms with van der Waals surface area (Å²) in [6.45, 7) is 5.79. The molecule has 5 heteroatoms. The molecule has 0 aromatic heterocycles. The molecule has 1 aromatic carbocycles. The molecule has 5 nitrogen and oxygen atoms in total. The summed E-state index contributed by atoms with van der Waals surface area (Å²) in [6.07, 6.45) is 1.05. The molecule has 1 N–H and O–H groups in total. The zero-order chi connectivity index (χ0) is 16.8. The van der Waals surface area contributed by atoms with E-state index in [4.69, 9.17) is 4.74 Å². The molecule has 23 heavy (non-hydrogen) atoms. The summed E-state index contributed by atoms with van der Waals surface area (Å²) >= 11 is 0. The van der Waals surface area contributed by atoms with Gasteiger partial charge in [-0.3, -0.25) is 9.59 Å². The van der Waals surface area contributed by atoms with Crippen molar-refractivity contribution >= 4 is 11.8 Å². The normalized spacial score (nSPS) is 20.8. The van der Waals surface area contributed by atoms with Gasteiger partial charge in [0.1, 0.15) is 0 Å². The van der Waals surface area contributed by atoms with Gasteiger partial charge in [0.15, 0.2) is 0 Å². The van der Waals surface area contributed by atoms with Crippen LogP contribution in [0.2, 0.25) is 0 Å². The maximum Gasteiger partial charge on any atom is 0.226 e. The van der Waals surface area contributed by atoms with Gasteiger partial charge in [-0.25, -0.2) is 0 Å². The highest BCUT2D eigenvalue weighted by molar-refractivity contribution is 5.90. The Morgan fingerprint density at radius 3 is 2.78 bits per heavy atom. The molecule has 126 valence electrons. The molecule has 2 amide bonds. The first-order valence-electron chi connectivity index (χ1n) is 8.21. The van der Waals surface area contributed by atoms with Crippen LogP contribution in [0.3, 0.4) is 0 Å². The second kappa shape index (κ2) is 8.11. The minimum atomic E-state index is -0.328. The van der Waals surface area contributed by atoms with E-state index in [1.807, 2.05) is 43.0 Å². The number of ether oxygens (including phenoxy) is 1. The van der Waals surface area contributed by atoms with Crippen LogP contribution in [0.15, 0.2) is 24.3 Å². The SMILES string of the molecule is CCN1C(=O)C[C@@H](C(=O)NCCCOC)[C@@H]1c1ccccc1C. The van der Waals surface area contributed by atoms with Gasteiger partial charge in [0.2, 0.25) is 11.8 Å². The lowest BCUT2D eigenvalue weighted by Gasteiger charge is -2.28. The molecule has 0 bridgehead atoms. The van der Waals surface area contributed by atoms with Gasteiger partial charge in [-0.15, -0.1) is 0 Å². The highest BCUT2D eigenvalue weighted by atomic mass is 16.5. The van der Waals surface area contributed by atoms with Gasteiger partial charge >= 0.3 is 0 Å². The Kier molecular flexibility index (Phi) is 6.16. The molecule has 1 aliphatic heterocycles. The molecular weight excluding hydrogens is 292 g/mol. The summed E-state index contributed by atoms with van der Waals surface area (Å²) in [5, 5.41) is 2.95. The number of carbonyl (C=O) groups is 2. The molecule has 2 rings (SSSR count). The van der Waals surface area contributed by atoms with Crippen LogP contribution in [0.25, 0.3) is 0 Å². The number of rotatable bonds is 7. The highest BCUT2D eigenvalue weighted by Crippen LogP contribution is 2.39. The van der Waals surface area contributed by atoms with E-state index in [9.17, 15) is 9.59 Å². The third kappa shape index (κ3) is 3.91. The second-order valence-corrected chi connectivity index (χ2v) is 5.93. The average molecular weight is 318 g/mol. The number of hydrogen-bond acceptors (Lipinski definition) is 3. The fourth-order valence-corrected chi connectivity index (χ4v) is 3.26. The van der Waals surface area contributed by atoms with Crippen molar-refractivity contribution in [3.63, 3.8) is 0 Å². The zero-order valence-electron chi connectivity index (χ0n) is 14.2. The maximum atomic E-state index is 12.6. The molecular formula is C18H26N2O3. The summed E-state index contributed by atoms with van der Waals surface area (Å²) in [5.74, 6) is -0.317. The molecule has 0 spiro atoms. The Hall–Kier alpha value is -1.88. The van der Waals surface area contributed by atoms with Crippen LogP contribution < -0.4 is 5.32 Å². The smallest absolute Gasteiger partial charge is 0.226 e. The number of carbonyl (C=O) groups excluding carboxylic acids is 2. The van der Waals surface area contributed by atoms with E-state index in [0.29, 0.717) is 19.7 Å². The summed E-state index contributed by atoms with van der Waals surface area (Å²) < 4.78 is 4.99. The van der Waals surface area contributed by atoms with Crippen LogP contribution in [-0.4, -0.2) is 43.5 Å². The molecule has 1 heterocycles. The van der Waals surface area contributed by atoms with Crippen LogP contribution in [0.1, 0.15) is 36.9 Å². The number of amides is 2. The van der Waals surface area contributed by atoms with Gasteiger partial charge in [-0.05, 0) is 31.4 Å². The number of aryl methyl sites for hydroxylation is 1. The Labute approximate surface area is 138 Å². The summed E-state index contributed by atoms with van der Waals surface area (Å²) in [4.78, 5) is 26.7. The van der Waals surface area contributed by atoms with Gasteiger partial charge in [0, 0.05) is 33.2 Å². The van der Waals surface area contributed by atoms with Crippen LogP contribution in [0, 0.1) is 12.8 Å². The van der Waals surface area contributed by atoms with Crippen molar-refractivity contribution < 1.29 is 14.3 Å². The zero-order valence-corrected chi connectivity index (χ0v) is 14.2. The first-order chi connectivity index (χ1) is 11.1.